The molecule has 1 aliphatic rings. The normalized spacial score (nSPS) is 16.6. The largest absolute Gasteiger partial charge is 0.497 e. The van der Waals surface area contributed by atoms with Crippen molar-refractivity contribution in [2.45, 2.75) is 18.4 Å². The second kappa shape index (κ2) is 6.46. The Balaban J connectivity index is 1.50. The molecule has 0 bridgehead atoms. The molecule has 1 saturated heterocycles. The van der Waals surface area contributed by atoms with Crippen LogP contribution in [0.15, 0.2) is 48.7 Å². The van der Waals surface area contributed by atoms with Crippen molar-refractivity contribution < 1.29 is 14.6 Å². The van der Waals surface area contributed by atoms with E-state index in [1.807, 2.05) is 42.5 Å². The molecule has 4 rings (SSSR count). The Kier molecular flexibility index (Phi) is 4.12. The average Bonchev–Trinajstić information content (AvgIpc) is 3.12. The molecule has 26 heavy (non-hydrogen) atoms. The van der Waals surface area contributed by atoms with Crippen LogP contribution in [0, 0.1) is 0 Å². The number of pyridine rings is 1. The highest BCUT2D eigenvalue weighted by Crippen LogP contribution is 2.32. The predicted octanol–water partition coefficient (Wildman–Crippen LogP) is 2.70. The molecule has 0 aliphatic carbocycles. The van der Waals surface area contributed by atoms with Gasteiger partial charge in [0.2, 0.25) is 0 Å². The van der Waals surface area contributed by atoms with E-state index in [0.29, 0.717) is 37.3 Å². The molecule has 1 fully saturated rings. The second-order valence-electron chi connectivity index (χ2n) is 6.67. The molecule has 3 heterocycles. The lowest BCUT2D eigenvalue weighted by atomic mass is 9.87. The number of aliphatic hydroxyl groups is 1. The topological polar surface area (TPSA) is 78.4 Å². The van der Waals surface area contributed by atoms with Crippen molar-refractivity contribution in [1.29, 1.82) is 0 Å². The van der Waals surface area contributed by atoms with E-state index in [4.69, 9.17) is 4.74 Å². The van der Waals surface area contributed by atoms with E-state index in [9.17, 15) is 9.90 Å². The number of likely N-dealkylation sites (tertiary alicyclic amines) is 1. The summed E-state index contributed by atoms with van der Waals surface area (Å²) in [4.78, 5) is 22.1. The minimum absolute atomic E-state index is 0.0526. The third-order valence-corrected chi connectivity index (χ3v) is 5.08. The number of rotatable bonds is 3. The fourth-order valence-corrected chi connectivity index (χ4v) is 3.49. The maximum atomic E-state index is 12.8. The van der Waals surface area contributed by atoms with E-state index in [1.165, 1.54) is 0 Å². The standard InChI is InChI=1S/C20H21N3O3/c1-26-15-6-5-14-12-17(22-16(14)13-15)19(24)23-10-7-20(25,8-11-23)18-4-2-3-9-21-18/h2-6,9,12-13,22,25H,7-8,10-11H2,1H3. The summed E-state index contributed by atoms with van der Waals surface area (Å²) in [6.07, 6.45) is 2.64. The molecule has 6 nitrogen and oxygen atoms in total. The Morgan fingerprint density at radius 3 is 2.73 bits per heavy atom. The van der Waals surface area contributed by atoms with Gasteiger partial charge in [-0.15, -0.1) is 0 Å². The van der Waals surface area contributed by atoms with Gasteiger partial charge in [-0.2, -0.15) is 0 Å². The molecule has 1 amide bonds. The Labute approximate surface area is 151 Å². The number of aromatic amines is 1. The Morgan fingerprint density at radius 1 is 1.23 bits per heavy atom. The number of nitrogens with one attached hydrogen (secondary N) is 1. The van der Waals surface area contributed by atoms with Gasteiger partial charge in [-0.05, 0) is 43.2 Å². The van der Waals surface area contributed by atoms with E-state index < -0.39 is 5.60 Å². The zero-order chi connectivity index (χ0) is 18.1. The fourth-order valence-electron chi connectivity index (χ4n) is 3.49. The number of carbonyl (C=O) groups is 1. The summed E-state index contributed by atoms with van der Waals surface area (Å²) in [5.74, 6) is 0.694. The van der Waals surface area contributed by atoms with Crippen molar-refractivity contribution in [2.75, 3.05) is 20.2 Å². The Morgan fingerprint density at radius 2 is 2.04 bits per heavy atom. The number of hydrogen-bond donors (Lipinski definition) is 2. The van der Waals surface area contributed by atoms with Crippen LogP contribution in [0.1, 0.15) is 29.0 Å². The van der Waals surface area contributed by atoms with Crippen molar-refractivity contribution in [3.8, 4) is 5.75 Å². The molecule has 0 saturated carbocycles. The number of fused-ring (bicyclic) bond motifs is 1. The summed E-state index contributed by atoms with van der Waals surface area (Å²) >= 11 is 0. The highest BCUT2D eigenvalue weighted by Gasteiger charge is 2.36. The van der Waals surface area contributed by atoms with Crippen molar-refractivity contribution in [1.82, 2.24) is 14.9 Å². The molecule has 134 valence electrons. The minimum atomic E-state index is -0.966. The first-order valence-electron chi connectivity index (χ1n) is 8.69. The van der Waals surface area contributed by atoms with E-state index in [1.54, 1.807) is 18.2 Å². The van der Waals surface area contributed by atoms with Gasteiger partial charge >= 0.3 is 0 Å². The maximum absolute atomic E-state index is 12.8. The summed E-state index contributed by atoms with van der Waals surface area (Å²) in [5.41, 5.74) is 1.13. The average molecular weight is 351 g/mol. The molecule has 0 atom stereocenters. The van der Waals surface area contributed by atoms with Crippen LogP contribution in [0.2, 0.25) is 0 Å². The van der Waals surface area contributed by atoms with Crippen LogP contribution in [0.25, 0.3) is 10.9 Å². The van der Waals surface area contributed by atoms with E-state index in [0.717, 1.165) is 16.7 Å². The summed E-state index contributed by atoms with van der Waals surface area (Å²) in [6, 6.07) is 13.1. The van der Waals surface area contributed by atoms with Crippen LogP contribution in [-0.2, 0) is 5.60 Å². The van der Waals surface area contributed by atoms with Gasteiger partial charge in [0.15, 0.2) is 0 Å². The monoisotopic (exact) mass is 351 g/mol. The van der Waals surface area contributed by atoms with Gasteiger partial charge in [-0.25, -0.2) is 0 Å². The molecule has 1 aliphatic heterocycles. The lowest BCUT2D eigenvalue weighted by Crippen LogP contribution is -2.45. The third kappa shape index (κ3) is 2.93. The molecule has 6 heteroatoms. The minimum Gasteiger partial charge on any atom is -0.497 e. The molecular weight excluding hydrogens is 330 g/mol. The zero-order valence-electron chi connectivity index (χ0n) is 14.6. The SMILES string of the molecule is COc1ccc2cc(C(=O)N3CCC(O)(c4ccccn4)CC3)[nH]c2c1. The van der Waals surface area contributed by atoms with Gasteiger partial charge in [-0.3, -0.25) is 9.78 Å². The molecule has 0 radical (unpaired) electrons. The number of ether oxygens (including phenoxy) is 1. The Hall–Kier alpha value is -2.86. The first-order chi connectivity index (χ1) is 12.6. The van der Waals surface area contributed by atoms with Crippen LogP contribution in [-0.4, -0.2) is 46.1 Å². The highest BCUT2D eigenvalue weighted by atomic mass is 16.5. The van der Waals surface area contributed by atoms with Crippen molar-refractivity contribution in [2.24, 2.45) is 0 Å². The van der Waals surface area contributed by atoms with Gasteiger partial charge in [0.25, 0.3) is 5.91 Å². The fraction of sp³-hybridized carbons (Fsp3) is 0.300. The number of methoxy groups -OCH3 is 1. The van der Waals surface area contributed by atoms with E-state index in [-0.39, 0.29) is 5.91 Å². The number of benzene rings is 1. The lowest BCUT2D eigenvalue weighted by Gasteiger charge is -2.37. The quantitative estimate of drug-likeness (QED) is 0.760. The van der Waals surface area contributed by atoms with Crippen LogP contribution >= 0.6 is 0 Å². The number of aromatic nitrogens is 2. The number of carbonyl (C=O) groups excluding carboxylic acids is 1. The summed E-state index contributed by atoms with van der Waals surface area (Å²) < 4.78 is 5.22. The third-order valence-electron chi connectivity index (χ3n) is 5.08. The van der Waals surface area contributed by atoms with Crippen LogP contribution in [0.3, 0.4) is 0 Å². The lowest BCUT2D eigenvalue weighted by molar-refractivity contribution is -0.0245. The van der Waals surface area contributed by atoms with Crippen LogP contribution < -0.4 is 4.74 Å². The maximum Gasteiger partial charge on any atom is 0.270 e. The number of amides is 1. The molecule has 2 aromatic heterocycles. The Bertz CT molecular complexity index is 928. The molecular formula is C20H21N3O3. The van der Waals surface area contributed by atoms with Gasteiger partial charge in [0.1, 0.15) is 17.0 Å². The van der Waals surface area contributed by atoms with Crippen LogP contribution in [0.5, 0.6) is 5.75 Å². The number of nitrogens with zero attached hydrogens (tertiary/aromatic N) is 2. The smallest absolute Gasteiger partial charge is 0.270 e. The first kappa shape index (κ1) is 16.6. The molecule has 2 N–H and O–H groups in total. The van der Waals surface area contributed by atoms with E-state index >= 15 is 0 Å². The summed E-state index contributed by atoms with van der Waals surface area (Å²) in [5, 5.41) is 11.8. The number of H-pyrrole nitrogens is 1. The summed E-state index contributed by atoms with van der Waals surface area (Å²) in [7, 11) is 1.62. The predicted molar refractivity (Wildman–Crippen MR) is 98.1 cm³/mol. The number of hydrogen-bond acceptors (Lipinski definition) is 4. The van der Waals surface area contributed by atoms with Gasteiger partial charge in [0, 0.05) is 36.3 Å². The molecule has 3 aromatic rings. The zero-order valence-corrected chi connectivity index (χ0v) is 14.6. The molecule has 0 unspecified atom stereocenters. The van der Waals surface area contributed by atoms with E-state index in [2.05, 4.69) is 9.97 Å². The van der Waals surface area contributed by atoms with Crippen molar-refractivity contribution in [3.05, 3.63) is 60.0 Å². The molecule has 1 aromatic carbocycles. The first-order valence-corrected chi connectivity index (χ1v) is 8.69. The number of piperidine rings is 1. The second-order valence-corrected chi connectivity index (χ2v) is 6.67. The highest BCUT2D eigenvalue weighted by molar-refractivity contribution is 5.98. The van der Waals surface area contributed by atoms with Crippen molar-refractivity contribution in [3.63, 3.8) is 0 Å². The van der Waals surface area contributed by atoms with Gasteiger partial charge in [0.05, 0.1) is 12.8 Å². The van der Waals surface area contributed by atoms with Crippen LogP contribution in [0.4, 0.5) is 0 Å². The van der Waals surface area contributed by atoms with Crippen molar-refractivity contribution >= 4 is 16.8 Å². The molecule has 0 spiro atoms. The summed E-state index contributed by atoms with van der Waals surface area (Å²) in [6.45, 7) is 0.981. The van der Waals surface area contributed by atoms with Gasteiger partial charge in [-0.1, -0.05) is 6.07 Å². The van der Waals surface area contributed by atoms with Gasteiger partial charge < -0.3 is 19.7 Å².